The Hall–Kier alpha value is -2.53. The van der Waals surface area contributed by atoms with E-state index in [0.717, 1.165) is 39.8 Å². The van der Waals surface area contributed by atoms with Gasteiger partial charge < -0.3 is 10.1 Å². The van der Waals surface area contributed by atoms with Crippen LogP contribution in [0.5, 0.6) is 5.75 Å². The van der Waals surface area contributed by atoms with E-state index in [4.69, 9.17) is 14.7 Å². The van der Waals surface area contributed by atoms with Gasteiger partial charge in [0.25, 0.3) is 0 Å². The van der Waals surface area contributed by atoms with Crippen LogP contribution in [0.3, 0.4) is 0 Å². The van der Waals surface area contributed by atoms with Crippen molar-refractivity contribution < 1.29 is 13.2 Å². The van der Waals surface area contributed by atoms with Crippen LogP contribution in [-0.4, -0.2) is 31.5 Å². The van der Waals surface area contributed by atoms with Crippen LogP contribution in [0.1, 0.15) is 48.3 Å². The lowest BCUT2D eigenvalue weighted by Crippen LogP contribution is -2.26. The van der Waals surface area contributed by atoms with Crippen LogP contribution in [0.15, 0.2) is 58.8 Å². The second-order valence-corrected chi connectivity index (χ2v) is 10.9. The molecule has 1 fully saturated rings. The number of anilines is 1. The van der Waals surface area contributed by atoms with Gasteiger partial charge in [-0.05, 0) is 43.4 Å². The largest absolute Gasteiger partial charge is 0.497 e. The summed E-state index contributed by atoms with van der Waals surface area (Å²) in [6.45, 7) is 0. The first kappa shape index (κ1) is 23.2. The summed E-state index contributed by atoms with van der Waals surface area (Å²) in [6.07, 6.45) is 9.86. The predicted molar refractivity (Wildman–Crippen MR) is 138 cm³/mol. The zero-order valence-corrected chi connectivity index (χ0v) is 21.2. The predicted octanol–water partition coefficient (Wildman–Crippen LogP) is 5.07. The minimum atomic E-state index is -2.61. The normalized spacial score (nSPS) is 18.6. The minimum Gasteiger partial charge on any atom is -0.497 e. The van der Waals surface area contributed by atoms with Crippen molar-refractivity contribution in [1.29, 1.82) is 0 Å². The Kier molecular flexibility index (Phi) is 7.10. The van der Waals surface area contributed by atoms with Gasteiger partial charge in [0, 0.05) is 28.3 Å². The number of ether oxygens (including phenoxy) is 1. The number of nitrogens with one attached hydrogen (secondary N) is 2. The van der Waals surface area contributed by atoms with Gasteiger partial charge in [-0.25, -0.2) is 23.1 Å². The van der Waals surface area contributed by atoms with Crippen LogP contribution in [0.2, 0.25) is 0 Å². The average Bonchev–Trinajstić information content (AvgIpc) is 3.38. The number of hydrogen-bond acceptors (Lipinski definition) is 8. The lowest BCUT2D eigenvalue weighted by Gasteiger charge is -2.20. The van der Waals surface area contributed by atoms with Crippen molar-refractivity contribution in [2.75, 3.05) is 12.4 Å². The zero-order chi connectivity index (χ0) is 23.5. The van der Waals surface area contributed by atoms with E-state index in [1.807, 2.05) is 41.8 Å². The van der Waals surface area contributed by atoms with Crippen LogP contribution < -0.4 is 14.8 Å². The minimum absolute atomic E-state index is 0.0235. The molecule has 10 heteroatoms. The molecular weight excluding hydrogens is 488 g/mol. The molecule has 2 aliphatic rings. The molecule has 34 heavy (non-hydrogen) atoms. The summed E-state index contributed by atoms with van der Waals surface area (Å²) in [5, 5.41) is 9.87. The molecule has 2 heterocycles. The Morgan fingerprint density at radius 2 is 2.09 bits per heavy atom. The number of methoxy groups -OCH3 is 1. The van der Waals surface area contributed by atoms with E-state index >= 15 is 0 Å². The van der Waals surface area contributed by atoms with Gasteiger partial charge in [0.2, 0.25) is 10.9 Å². The fourth-order valence-electron chi connectivity index (χ4n) is 3.90. The summed E-state index contributed by atoms with van der Waals surface area (Å²) in [6, 6.07) is 7.69. The lowest BCUT2D eigenvalue weighted by molar-refractivity contribution is 0.415. The Labute approximate surface area is 208 Å². The Morgan fingerprint density at radius 1 is 1.21 bits per heavy atom. The molecule has 0 spiro atoms. The monoisotopic (exact) mass is 514 g/mol. The second-order valence-electron chi connectivity index (χ2n) is 8.42. The molecule has 2 atom stereocenters. The third kappa shape index (κ3) is 5.75. The first-order chi connectivity index (χ1) is 16.6. The van der Waals surface area contributed by atoms with Crippen molar-refractivity contribution in [3.05, 3.63) is 69.5 Å². The highest BCUT2D eigenvalue weighted by Crippen LogP contribution is 2.42. The van der Waals surface area contributed by atoms with Gasteiger partial charge in [0.15, 0.2) is 5.13 Å². The number of allylic oxidation sites excluding steroid dienone is 1. The molecule has 2 N–H and O–H groups in total. The molecule has 1 saturated carbocycles. The summed E-state index contributed by atoms with van der Waals surface area (Å²) in [5.41, 5.74) is 4.10. The molecule has 0 saturated heterocycles. The molecule has 1 aromatic carbocycles. The van der Waals surface area contributed by atoms with Gasteiger partial charge in [-0.3, -0.25) is 0 Å². The quantitative estimate of drug-likeness (QED) is 0.327. The van der Waals surface area contributed by atoms with Gasteiger partial charge in [-0.1, -0.05) is 30.4 Å². The maximum Gasteiger partial charge on any atom is 0.201 e. The highest BCUT2D eigenvalue weighted by molar-refractivity contribution is 7.70. The van der Waals surface area contributed by atoms with Crippen LogP contribution in [-0.2, 0) is 10.9 Å². The number of benzene rings is 1. The molecule has 2 aromatic heterocycles. The summed E-state index contributed by atoms with van der Waals surface area (Å²) < 4.78 is 29.8. The number of aromatic nitrogens is 2. The third-order valence-electron chi connectivity index (χ3n) is 5.88. The van der Waals surface area contributed by atoms with Crippen molar-refractivity contribution in [2.45, 2.75) is 43.7 Å². The van der Waals surface area contributed by atoms with Crippen LogP contribution in [0.25, 0.3) is 11.3 Å². The standard InChI is InChI=1S/C24H26N4O3S3/c1-31-19-4-2-3-17(12-19)21-13-33-24(27-21)26-20(22-14-32-23(25-22)16-7-8-16)11-15-5-9-18(10-6-15)28-34(29)30/h2-6,9,12-14,16,18,20,34H,7-8,10-11H2,1H3,(H,26,27)(H,28,29,30)/t18?,20-/m0/s1. The fourth-order valence-corrected chi connectivity index (χ4v) is 6.18. The summed E-state index contributed by atoms with van der Waals surface area (Å²) in [4.78, 5) is 9.77. The van der Waals surface area contributed by atoms with Gasteiger partial charge in [-0.2, -0.15) is 0 Å². The van der Waals surface area contributed by atoms with Crippen molar-refractivity contribution in [3.63, 3.8) is 0 Å². The van der Waals surface area contributed by atoms with E-state index in [1.165, 1.54) is 17.8 Å². The van der Waals surface area contributed by atoms with Crippen molar-refractivity contribution in [3.8, 4) is 17.0 Å². The van der Waals surface area contributed by atoms with E-state index in [2.05, 4.69) is 21.5 Å². The van der Waals surface area contributed by atoms with Crippen molar-refractivity contribution in [1.82, 2.24) is 14.7 Å². The molecular formula is C24H26N4O3S3. The third-order valence-corrected chi connectivity index (χ3v) is 8.22. The van der Waals surface area contributed by atoms with Gasteiger partial charge in [0.05, 0.1) is 29.5 Å². The fraction of sp³-hybridized carbons (Fsp3) is 0.333. The number of thiazole rings is 2. The first-order valence-electron chi connectivity index (χ1n) is 11.2. The molecule has 1 unspecified atom stereocenters. The molecule has 0 amide bonds. The van der Waals surface area contributed by atoms with Gasteiger partial charge >= 0.3 is 0 Å². The maximum atomic E-state index is 11.0. The summed E-state index contributed by atoms with van der Waals surface area (Å²) in [7, 11) is -0.947. The summed E-state index contributed by atoms with van der Waals surface area (Å²) in [5.74, 6) is 1.42. The molecule has 2 aliphatic carbocycles. The highest BCUT2D eigenvalue weighted by atomic mass is 32.2. The first-order valence-corrected chi connectivity index (χ1v) is 14.1. The molecule has 178 valence electrons. The molecule has 3 aromatic rings. The molecule has 0 bridgehead atoms. The Bertz CT molecular complexity index is 1280. The smallest absolute Gasteiger partial charge is 0.201 e. The van der Waals surface area contributed by atoms with E-state index < -0.39 is 10.9 Å². The lowest BCUT2D eigenvalue weighted by atomic mass is 9.97. The average molecular weight is 515 g/mol. The molecule has 0 radical (unpaired) electrons. The second kappa shape index (κ2) is 10.4. The van der Waals surface area contributed by atoms with Crippen LogP contribution in [0, 0.1) is 0 Å². The van der Waals surface area contributed by atoms with E-state index in [1.54, 1.807) is 29.8 Å². The molecule has 7 nitrogen and oxygen atoms in total. The Balaban J connectivity index is 1.34. The van der Waals surface area contributed by atoms with Crippen LogP contribution in [0.4, 0.5) is 5.13 Å². The van der Waals surface area contributed by atoms with E-state index in [0.29, 0.717) is 12.3 Å². The highest BCUT2D eigenvalue weighted by Gasteiger charge is 2.28. The maximum absolute atomic E-state index is 11.0. The van der Waals surface area contributed by atoms with E-state index in [9.17, 15) is 8.42 Å². The topological polar surface area (TPSA) is 93.2 Å². The van der Waals surface area contributed by atoms with E-state index in [-0.39, 0.29) is 12.1 Å². The SMILES string of the molecule is COc1cccc(-c2csc(N[C@@H](CC3=CCC(N[SH](=O)=O)C=C3)c3csc(C4CC4)n3)n2)c1. The number of rotatable bonds is 10. The van der Waals surface area contributed by atoms with Gasteiger partial charge in [-0.15, -0.1) is 22.7 Å². The van der Waals surface area contributed by atoms with Crippen molar-refractivity contribution in [2.24, 2.45) is 0 Å². The van der Waals surface area contributed by atoms with Gasteiger partial charge in [0.1, 0.15) is 5.75 Å². The van der Waals surface area contributed by atoms with Crippen molar-refractivity contribution >= 4 is 38.7 Å². The Morgan fingerprint density at radius 3 is 2.82 bits per heavy atom. The number of hydrogen-bond donors (Lipinski definition) is 3. The molecule has 5 rings (SSSR count). The zero-order valence-electron chi connectivity index (χ0n) is 18.6. The summed E-state index contributed by atoms with van der Waals surface area (Å²) >= 11 is 3.31. The number of thiol groups is 1. The molecule has 0 aliphatic heterocycles. The number of nitrogens with zero attached hydrogens (tertiary/aromatic N) is 2. The van der Waals surface area contributed by atoms with Crippen LogP contribution >= 0.6 is 22.7 Å².